The molecule has 3 fully saturated rings. The lowest BCUT2D eigenvalue weighted by Gasteiger charge is -2.28. The fourth-order valence-corrected chi connectivity index (χ4v) is 6.51. The minimum atomic E-state index is -0.969. The van der Waals surface area contributed by atoms with Crippen molar-refractivity contribution in [2.45, 2.75) is 76.9 Å². The van der Waals surface area contributed by atoms with Crippen LogP contribution in [-0.4, -0.2) is 60.9 Å². The molecule has 0 spiro atoms. The van der Waals surface area contributed by atoms with Crippen molar-refractivity contribution in [2.75, 3.05) is 32.8 Å². The third kappa shape index (κ3) is 9.25. The molecule has 4 atom stereocenters. The van der Waals surface area contributed by atoms with Crippen LogP contribution in [0.15, 0.2) is 48.5 Å². The van der Waals surface area contributed by atoms with Crippen molar-refractivity contribution in [2.24, 2.45) is 17.8 Å². The highest BCUT2D eigenvalue weighted by Crippen LogP contribution is 2.46. The number of fused-ring (bicyclic) bond motifs is 1. The Labute approximate surface area is 258 Å². The maximum Gasteiger partial charge on any atom is 0.345 e. The zero-order valence-corrected chi connectivity index (χ0v) is 26.4. The van der Waals surface area contributed by atoms with Gasteiger partial charge < -0.3 is 24.8 Å². The molecule has 0 amide bonds. The molecule has 2 aromatic carbocycles. The third-order valence-electron chi connectivity index (χ3n) is 8.88. The summed E-state index contributed by atoms with van der Waals surface area (Å²) in [4.78, 5) is 14.6. The van der Waals surface area contributed by atoms with Crippen LogP contribution in [0.5, 0.6) is 11.5 Å². The lowest BCUT2D eigenvalue weighted by atomic mass is 9.87. The molecule has 2 N–H and O–H groups in total. The first-order valence-corrected chi connectivity index (χ1v) is 14.9. The van der Waals surface area contributed by atoms with Crippen LogP contribution < -0.4 is 14.8 Å². The van der Waals surface area contributed by atoms with Crippen molar-refractivity contribution in [1.82, 2.24) is 10.2 Å². The number of nitrogens with one attached hydrogen (secondary N) is 1. The molecule has 41 heavy (non-hydrogen) atoms. The predicted molar refractivity (Wildman–Crippen MR) is 169 cm³/mol. The van der Waals surface area contributed by atoms with Gasteiger partial charge >= 0.3 is 5.97 Å². The van der Waals surface area contributed by atoms with Gasteiger partial charge in [-0.3, -0.25) is 0 Å². The summed E-state index contributed by atoms with van der Waals surface area (Å²) in [6, 6.07) is 16.1. The van der Waals surface area contributed by atoms with Crippen molar-refractivity contribution < 1.29 is 19.4 Å². The average Bonchev–Trinajstić information content (AvgIpc) is 3.37. The first-order chi connectivity index (χ1) is 18.8. The van der Waals surface area contributed by atoms with Crippen LogP contribution in [0.3, 0.4) is 0 Å². The Morgan fingerprint density at radius 2 is 1.56 bits per heavy atom. The van der Waals surface area contributed by atoms with Gasteiger partial charge in [0.25, 0.3) is 0 Å². The smallest absolute Gasteiger partial charge is 0.345 e. The molecular formula is C33H48Cl2N2O4. The highest BCUT2D eigenvalue weighted by molar-refractivity contribution is 5.85. The zero-order chi connectivity index (χ0) is 27.4. The fraction of sp³-hybridized carbons (Fsp3) is 0.606. The monoisotopic (exact) mass is 606 g/mol. The standard InChI is InChI=1S/C33H46N2O4.2ClH/c1-33(2,3)25-11-15-27(16-12-25)39-30(32(36)37)19-23-9-13-26(14-10-23)38-18-17-34-31-28-21-35(22-29(28)31)20-24-7-5-4-6-8-24;;/h9-16,24,28-31,34H,4-8,17-22H2,1-3H3,(H,36,37);2*1H/t28-,29?,30-,31+;;/m0../s1. The fourth-order valence-electron chi connectivity index (χ4n) is 6.51. The SMILES string of the molecule is CC(C)(C)c1ccc(O[C@@H](Cc2ccc(OCCN[C@H]3C4CN(CC5CCCCC5)C[C@@H]43)cc2)C(=O)O)cc1.Cl.Cl. The van der Waals surface area contributed by atoms with Crippen LogP contribution in [0, 0.1) is 17.8 Å². The van der Waals surface area contributed by atoms with Gasteiger partial charge in [-0.05, 0) is 71.4 Å². The van der Waals surface area contributed by atoms with Gasteiger partial charge in [0.1, 0.15) is 18.1 Å². The van der Waals surface area contributed by atoms with Gasteiger partial charge in [-0.1, -0.05) is 64.3 Å². The van der Waals surface area contributed by atoms with Gasteiger partial charge in [-0.2, -0.15) is 0 Å². The molecule has 3 aliphatic rings. The molecule has 6 nitrogen and oxygen atoms in total. The van der Waals surface area contributed by atoms with E-state index in [0.717, 1.165) is 35.6 Å². The second kappa shape index (κ2) is 15.0. The average molecular weight is 608 g/mol. The number of rotatable bonds is 12. The third-order valence-corrected chi connectivity index (χ3v) is 8.88. The summed E-state index contributed by atoms with van der Waals surface area (Å²) in [6.45, 7) is 11.8. The van der Waals surface area contributed by atoms with E-state index < -0.39 is 12.1 Å². The summed E-state index contributed by atoms with van der Waals surface area (Å²) < 4.78 is 11.8. The van der Waals surface area contributed by atoms with Crippen LogP contribution in [0.2, 0.25) is 0 Å². The number of benzene rings is 2. The van der Waals surface area contributed by atoms with E-state index in [1.54, 1.807) is 0 Å². The van der Waals surface area contributed by atoms with Crippen molar-refractivity contribution in [3.63, 3.8) is 0 Å². The van der Waals surface area contributed by atoms with E-state index in [0.29, 0.717) is 24.8 Å². The van der Waals surface area contributed by atoms with Crippen molar-refractivity contribution in [3.8, 4) is 11.5 Å². The number of likely N-dealkylation sites (tertiary alicyclic amines) is 1. The number of carboxylic acids is 1. The van der Waals surface area contributed by atoms with Crippen LogP contribution in [0.25, 0.3) is 0 Å². The summed E-state index contributed by atoms with van der Waals surface area (Å²) in [7, 11) is 0. The number of halogens is 2. The van der Waals surface area contributed by atoms with Gasteiger partial charge in [0.15, 0.2) is 6.10 Å². The number of piperidine rings is 1. The Morgan fingerprint density at radius 3 is 2.15 bits per heavy atom. The van der Waals surface area contributed by atoms with Gasteiger partial charge in [-0.25, -0.2) is 4.79 Å². The number of ether oxygens (including phenoxy) is 2. The van der Waals surface area contributed by atoms with Crippen molar-refractivity contribution in [1.29, 1.82) is 0 Å². The van der Waals surface area contributed by atoms with Gasteiger partial charge in [0, 0.05) is 38.6 Å². The highest BCUT2D eigenvalue weighted by Gasteiger charge is 2.55. The van der Waals surface area contributed by atoms with E-state index in [4.69, 9.17) is 9.47 Å². The largest absolute Gasteiger partial charge is 0.492 e. The Hall–Kier alpha value is -1.99. The lowest BCUT2D eigenvalue weighted by Crippen LogP contribution is -2.36. The molecule has 0 aromatic heterocycles. The molecule has 1 saturated heterocycles. The molecule has 1 unspecified atom stereocenters. The minimum Gasteiger partial charge on any atom is -0.492 e. The van der Waals surface area contributed by atoms with Crippen molar-refractivity contribution >= 4 is 30.8 Å². The molecule has 1 heterocycles. The summed E-state index contributed by atoms with van der Waals surface area (Å²) >= 11 is 0. The maximum atomic E-state index is 11.9. The van der Waals surface area contributed by atoms with Crippen LogP contribution in [0.4, 0.5) is 0 Å². The quantitative estimate of drug-likeness (QED) is 0.273. The number of aliphatic carboxylic acids is 1. The maximum absolute atomic E-state index is 11.9. The van der Waals surface area contributed by atoms with E-state index in [-0.39, 0.29) is 30.2 Å². The summed E-state index contributed by atoms with van der Waals surface area (Å²) in [5.74, 6) is 3.00. The van der Waals surface area contributed by atoms with E-state index in [1.165, 1.54) is 57.3 Å². The minimum absolute atomic E-state index is 0. The van der Waals surface area contributed by atoms with Gasteiger partial charge in [0.05, 0.1) is 0 Å². The second-order valence-corrected chi connectivity index (χ2v) is 12.9. The first-order valence-electron chi connectivity index (χ1n) is 14.9. The van der Waals surface area contributed by atoms with Crippen LogP contribution in [-0.2, 0) is 16.6 Å². The van der Waals surface area contributed by atoms with Crippen LogP contribution in [0.1, 0.15) is 64.0 Å². The lowest BCUT2D eigenvalue weighted by molar-refractivity contribution is -0.145. The molecule has 2 aromatic rings. The molecule has 0 bridgehead atoms. The Balaban J connectivity index is 0.00000231. The molecule has 5 rings (SSSR count). The molecule has 0 radical (unpaired) electrons. The first kappa shape index (κ1) is 33.5. The molecule has 1 aliphatic heterocycles. The van der Waals surface area contributed by atoms with E-state index in [1.807, 2.05) is 48.5 Å². The Bertz CT molecular complexity index is 1070. The molecular weight excluding hydrogens is 559 g/mol. The highest BCUT2D eigenvalue weighted by atomic mass is 35.5. The van der Waals surface area contributed by atoms with Crippen molar-refractivity contribution in [3.05, 3.63) is 59.7 Å². The molecule has 8 heteroatoms. The predicted octanol–water partition coefficient (Wildman–Crippen LogP) is 6.38. The topological polar surface area (TPSA) is 71.0 Å². The number of hydrogen-bond donors (Lipinski definition) is 2. The number of carboxylic acid groups (broad SMARTS) is 1. The number of hydrogen-bond acceptors (Lipinski definition) is 5. The Morgan fingerprint density at radius 1 is 0.951 bits per heavy atom. The van der Waals surface area contributed by atoms with Gasteiger partial charge in [-0.15, -0.1) is 24.8 Å². The molecule has 2 aliphatic carbocycles. The van der Waals surface area contributed by atoms with E-state index >= 15 is 0 Å². The summed E-state index contributed by atoms with van der Waals surface area (Å²) in [5, 5.41) is 13.4. The second-order valence-electron chi connectivity index (χ2n) is 12.9. The normalized spacial score (nSPS) is 23.0. The number of nitrogens with zero attached hydrogens (tertiary/aromatic N) is 1. The van der Waals surface area contributed by atoms with Crippen LogP contribution >= 0.6 is 24.8 Å². The van der Waals surface area contributed by atoms with E-state index in [2.05, 4.69) is 31.0 Å². The molecule has 228 valence electrons. The molecule has 2 saturated carbocycles. The summed E-state index contributed by atoms with van der Waals surface area (Å²) in [5.41, 5.74) is 2.13. The van der Waals surface area contributed by atoms with Gasteiger partial charge in [0.2, 0.25) is 0 Å². The Kier molecular flexibility index (Phi) is 12.2. The number of carbonyl (C=O) groups is 1. The zero-order valence-electron chi connectivity index (χ0n) is 24.7. The summed E-state index contributed by atoms with van der Waals surface area (Å²) in [6.07, 6.45) is 6.52. The van der Waals surface area contributed by atoms with E-state index in [9.17, 15) is 9.90 Å².